The number of nitrogens with one attached hydrogen (secondary N) is 1. The minimum Gasteiger partial charge on any atom is -0.314 e. The Kier molecular flexibility index (Phi) is 13.5. The highest BCUT2D eigenvalue weighted by molar-refractivity contribution is 7.13. The first-order valence-corrected chi connectivity index (χ1v) is 15.0. The van der Waals surface area contributed by atoms with Crippen molar-refractivity contribution in [3.05, 3.63) is 58.6 Å². The molecule has 1 saturated heterocycles. The Labute approximate surface area is 231 Å². The van der Waals surface area contributed by atoms with Crippen LogP contribution in [0, 0.1) is 6.92 Å². The van der Waals surface area contributed by atoms with Gasteiger partial charge in [0, 0.05) is 23.2 Å². The van der Waals surface area contributed by atoms with Gasteiger partial charge in [-0.2, -0.15) is 0 Å². The van der Waals surface area contributed by atoms with Crippen molar-refractivity contribution in [2.24, 2.45) is 4.99 Å². The van der Waals surface area contributed by atoms with Gasteiger partial charge in [-0.25, -0.2) is 4.98 Å². The number of thiazole rings is 1. The molecular formula is C32H50N4S. The summed E-state index contributed by atoms with van der Waals surface area (Å²) < 4.78 is 0. The number of aryl methyl sites for hydroxylation is 1. The predicted molar refractivity (Wildman–Crippen MR) is 166 cm³/mol. The molecule has 1 aliphatic heterocycles. The van der Waals surface area contributed by atoms with E-state index < -0.39 is 0 Å². The predicted octanol–water partition coefficient (Wildman–Crippen LogP) is 8.28. The maximum atomic E-state index is 5.13. The lowest BCUT2D eigenvalue weighted by atomic mass is 9.81. The Balaban J connectivity index is 0.000000367. The summed E-state index contributed by atoms with van der Waals surface area (Å²) in [6.45, 7) is 21.8. The number of aromatic nitrogens is 1. The lowest BCUT2D eigenvalue weighted by molar-refractivity contribution is 0.199. The third-order valence-electron chi connectivity index (χ3n) is 7.30. The molecule has 1 aromatic carbocycles. The molecule has 1 aliphatic carbocycles. The number of nitrogens with zero attached hydrogens (tertiary/aromatic N) is 3. The van der Waals surface area contributed by atoms with E-state index in [1.807, 2.05) is 19.9 Å². The second-order valence-electron chi connectivity index (χ2n) is 10.3. The smallest absolute Gasteiger partial charge is 0.0999 e. The number of hydrogen-bond donors (Lipinski definition) is 1. The molecule has 1 aromatic heterocycles. The number of piperidine rings is 1. The molecule has 0 spiro atoms. The largest absolute Gasteiger partial charge is 0.314 e. The minimum atomic E-state index is 0.134. The molecule has 4 nitrogen and oxygen atoms in total. The van der Waals surface area contributed by atoms with Gasteiger partial charge in [0.25, 0.3) is 0 Å². The van der Waals surface area contributed by atoms with Crippen LogP contribution in [0.4, 0.5) is 0 Å². The molecule has 5 heteroatoms. The molecule has 0 radical (unpaired) electrons. The van der Waals surface area contributed by atoms with Crippen LogP contribution in [-0.2, 0) is 5.41 Å². The Hall–Kier alpha value is -2.08. The van der Waals surface area contributed by atoms with Crippen molar-refractivity contribution < 1.29 is 0 Å². The van der Waals surface area contributed by atoms with E-state index in [1.165, 1.54) is 42.7 Å². The normalized spacial score (nSPS) is 17.9. The van der Waals surface area contributed by atoms with Gasteiger partial charge in [-0.1, -0.05) is 77.3 Å². The van der Waals surface area contributed by atoms with Crippen LogP contribution in [0.2, 0.25) is 0 Å². The van der Waals surface area contributed by atoms with Crippen LogP contribution >= 0.6 is 11.3 Å². The second-order valence-corrected chi connectivity index (χ2v) is 11.3. The fourth-order valence-electron chi connectivity index (χ4n) is 4.92. The average molecular weight is 523 g/mol. The number of allylic oxidation sites excluding steroid dienone is 2. The molecule has 2 heterocycles. The summed E-state index contributed by atoms with van der Waals surface area (Å²) in [6, 6.07) is 9.39. The molecule has 2 fully saturated rings. The quantitative estimate of drug-likeness (QED) is 0.294. The fourth-order valence-corrected chi connectivity index (χ4v) is 6.16. The summed E-state index contributed by atoms with van der Waals surface area (Å²) in [7, 11) is 2.19. The molecule has 4 rings (SSSR count). The van der Waals surface area contributed by atoms with Gasteiger partial charge in [-0.15, -0.1) is 11.3 Å². The zero-order valence-corrected chi connectivity index (χ0v) is 25.1. The van der Waals surface area contributed by atoms with Gasteiger partial charge in [0.15, 0.2) is 0 Å². The Morgan fingerprint density at radius 2 is 1.89 bits per heavy atom. The van der Waals surface area contributed by atoms with Crippen molar-refractivity contribution in [1.29, 1.82) is 0 Å². The van der Waals surface area contributed by atoms with Crippen LogP contribution in [0.25, 0.3) is 16.8 Å². The number of aliphatic imine (C=N–C) groups is 1. The second kappa shape index (κ2) is 16.0. The first kappa shape index (κ1) is 31.1. The van der Waals surface area contributed by atoms with Gasteiger partial charge in [0.2, 0.25) is 0 Å². The van der Waals surface area contributed by atoms with E-state index in [0.29, 0.717) is 0 Å². The number of benzene rings is 1. The first-order chi connectivity index (χ1) is 17.9. The molecule has 1 saturated carbocycles. The summed E-state index contributed by atoms with van der Waals surface area (Å²) in [5, 5.41) is 4.71. The summed E-state index contributed by atoms with van der Waals surface area (Å²) in [6.07, 6.45) is 13.1. The fraction of sp³-hybridized carbons (Fsp3) is 0.562. The van der Waals surface area contributed by atoms with Crippen molar-refractivity contribution >= 4 is 23.6 Å². The van der Waals surface area contributed by atoms with Crippen LogP contribution in [0.1, 0.15) is 88.1 Å². The van der Waals surface area contributed by atoms with E-state index in [4.69, 9.17) is 4.98 Å². The van der Waals surface area contributed by atoms with Crippen molar-refractivity contribution in [3.8, 4) is 11.3 Å². The standard InChI is InChI=1S/C22H27N3S.C8H17N.C2H6/c1-16-7-6-8-18(15-16)19-20(17(2)9-12-23-4)26-21(24-19)22(3)10-13-25(5)14-11-22;1-2-9-8-6-4-3-5-7-8;1-2/h6-9,12,15H,2,4,10-11,13-14H2,1,3,5H3;8-9H,2-7H2,1H3;1-2H3/b12-9-;;. The third kappa shape index (κ3) is 9.31. The Morgan fingerprint density at radius 3 is 2.49 bits per heavy atom. The molecular weight excluding hydrogens is 472 g/mol. The van der Waals surface area contributed by atoms with Gasteiger partial charge in [-0.3, -0.25) is 4.99 Å². The monoisotopic (exact) mass is 522 g/mol. The zero-order chi connectivity index (χ0) is 27.3. The highest BCUT2D eigenvalue weighted by atomic mass is 32.1. The molecule has 2 aliphatic rings. The first-order valence-electron chi connectivity index (χ1n) is 14.2. The van der Waals surface area contributed by atoms with Crippen molar-refractivity contribution in [2.45, 2.75) is 91.0 Å². The van der Waals surface area contributed by atoms with Gasteiger partial charge < -0.3 is 10.2 Å². The van der Waals surface area contributed by atoms with E-state index in [-0.39, 0.29) is 5.41 Å². The third-order valence-corrected chi connectivity index (χ3v) is 8.73. The molecule has 37 heavy (non-hydrogen) atoms. The lowest BCUT2D eigenvalue weighted by Gasteiger charge is -2.36. The number of rotatable bonds is 7. The van der Waals surface area contributed by atoms with E-state index in [0.717, 1.165) is 60.2 Å². The van der Waals surface area contributed by atoms with Crippen LogP contribution in [0.5, 0.6) is 0 Å². The molecule has 0 bridgehead atoms. The summed E-state index contributed by atoms with van der Waals surface area (Å²) in [5.41, 5.74) is 4.50. The summed E-state index contributed by atoms with van der Waals surface area (Å²) in [5.74, 6) is 0. The van der Waals surface area contributed by atoms with Gasteiger partial charge in [0.05, 0.1) is 15.6 Å². The Bertz CT molecular complexity index is 989. The summed E-state index contributed by atoms with van der Waals surface area (Å²) >= 11 is 1.78. The number of likely N-dealkylation sites (tertiary alicyclic amines) is 1. The van der Waals surface area contributed by atoms with E-state index in [9.17, 15) is 0 Å². The molecule has 0 unspecified atom stereocenters. The zero-order valence-electron chi connectivity index (χ0n) is 24.3. The van der Waals surface area contributed by atoms with Crippen LogP contribution < -0.4 is 5.32 Å². The van der Waals surface area contributed by atoms with Crippen LogP contribution in [-0.4, -0.2) is 49.3 Å². The lowest BCUT2D eigenvalue weighted by Crippen LogP contribution is -2.38. The Morgan fingerprint density at radius 1 is 1.22 bits per heavy atom. The highest BCUT2D eigenvalue weighted by Gasteiger charge is 2.34. The topological polar surface area (TPSA) is 40.5 Å². The summed E-state index contributed by atoms with van der Waals surface area (Å²) in [4.78, 5) is 12.5. The van der Waals surface area contributed by atoms with Crippen molar-refractivity contribution in [2.75, 3.05) is 26.7 Å². The SMILES string of the molecule is C=N/C=C\C(=C)c1sc(C2(C)CCN(C)CC2)nc1-c1cccc(C)c1.CC.CCNC1CCCCC1. The maximum Gasteiger partial charge on any atom is 0.0999 e. The van der Waals surface area contributed by atoms with Crippen LogP contribution in [0.3, 0.4) is 0 Å². The molecule has 0 amide bonds. The van der Waals surface area contributed by atoms with Gasteiger partial charge >= 0.3 is 0 Å². The van der Waals surface area contributed by atoms with Crippen LogP contribution in [0.15, 0.2) is 48.1 Å². The molecule has 1 N–H and O–H groups in total. The number of hydrogen-bond acceptors (Lipinski definition) is 5. The van der Waals surface area contributed by atoms with Gasteiger partial charge in [-0.05, 0) is 83.7 Å². The molecule has 0 atom stereocenters. The van der Waals surface area contributed by atoms with E-state index in [2.05, 4.69) is 80.6 Å². The van der Waals surface area contributed by atoms with Gasteiger partial charge in [0.1, 0.15) is 0 Å². The highest BCUT2D eigenvalue weighted by Crippen LogP contribution is 2.42. The van der Waals surface area contributed by atoms with E-state index in [1.54, 1.807) is 17.5 Å². The average Bonchev–Trinajstić information content (AvgIpc) is 3.38. The minimum absolute atomic E-state index is 0.134. The molecule has 2 aromatic rings. The van der Waals surface area contributed by atoms with Crippen molar-refractivity contribution in [3.63, 3.8) is 0 Å². The maximum absolute atomic E-state index is 5.13. The van der Waals surface area contributed by atoms with E-state index >= 15 is 0 Å². The van der Waals surface area contributed by atoms with Crippen molar-refractivity contribution in [1.82, 2.24) is 15.2 Å². The molecule has 204 valence electrons.